The second kappa shape index (κ2) is 6.14. The number of rotatable bonds is 4. The number of hydrogen-bond donors (Lipinski definition) is 2. The van der Waals surface area contributed by atoms with Crippen molar-refractivity contribution < 1.29 is 4.39 Å². The first-order valence-electron chi connectivity index (χ1n) is 7.19. The number of fused-ring (bicyclic) bond motifs is 1. The molecule has 0 aromatic heterocycles. The molecule has 0 saturated heterocycles. The van der Waals surface area contributed by atoms with Crippen molar-refractivity contribution in [3.63, 3.8) is 0 Å². The third-order valence-corrected chi connectivity index (χ3v) is 4.44. The summed E-state index contributed by atoms with van der Waals surface area (Å²) in [7, 11) is 0. The van der Waals surface area contributed by atoms with Gasteiger partial charge in [0.15, 0.2) is 0 Å². The van der Waals surface area contributed by atoms with Crippen molar-refractivity contribution in [2.24, 2.45) is 5.84 Å². The molecule has 4 heteroatoms. The van der Waals surface area contributed by atoms with Gasteiger partial charge >= 0.3 is 0 Å². The van der Waals surface area contributed by atoms with E-state index < -0.39 is 5.82 Å². The molecule has 2 nitrogen and oxygen atoms in total. The molecule has 0 radical (unpaired) electrons. The van der Waals surface area contributed by atoms with E-state index in [1.54, 1.807) is 12.1 Å². The van der Waals surface area contributed by atoms with Crippen LogP contribution in [0.5, 0.6) is 0 Å². The summed E-state index contributed by atoms with van der Waals surface area (Å²) < 4.78 is 13.2. The summed E-state index contributed by atoms with van der Waals surface area (Å²) in [5, 5.41) is 0.150. The fourth-order valence-corrected chi connectivity index (χ4v) is 3.19. The highest BCUT2D eigenvalue weighted by Crippen LogP contribution is 2.27. The molecule has 0 bridgehead atoms. The van der Waals surface area contributed by atoms with E-state index in [0.29, 0.717) is 6.42 Å². The molecule has 0 fully saturated rings. The Morgan fingerprint density at radius 1 is 1.14 bits per heavy atom. The molecule has 2 aromatic carbocycles. The molecule has 3 rings (SSSR count). The second-order valence-electron chi connectivity index (χ2n) is 5.55. The van der Waals surface area contributed by atoms with Crippen LogP contribution in [0.2, 0.25) is 5.02 Å². The Kier molecular flexibility index (Phi) is 4.24. The van der Waals surface area contributed by atoms with Gasteiger partial charge in [0.05, 0.1) is 5.02 Å². The average molecular weight is 305 g/mol. The smallest absolute Gasteiger partial charge is 0.141 e. The van der Waals surface area contributed by atoms with Crippen LogP contribution in [0, 0.1) is 5.82 Å². The van der Waals surface area contributed by atoms with Crippen molar-refractivity contribution in [1.29, 1.82) is 0 Å². The van der Waals surface area contributed by atoms with E-state index in [1.165, 1.54) is 35.6 Å². The van der Waals surface area contributed by atoms with Crippen LogP contribution in [0.1, 0.15) is 34.7 Å². The maximum absolute atomic E-state index is 13.2. The molecule has 0 heterocycles. The highest BCUT2D eigenvalue weighted by atomic mass is 35.5. The maximum atomic E-state index is 13.2. The van der Waals surface area contributed by atoms with E-state index in [2.05, 4.69) is 23.6 Å². The van der Waals surface area contributed by atoms with Crippen LogP contribution in [0.15, 0.2) is 36.4 Å². The lowest BCUT2D eigenvalue weighted by Crippen LogP contribution is -2.29. The lowest BCUT2D eigenvalue weighted by Gasteiger charge is -2.18. The molecule has 1 unspecified atom stereocenters. The van der Waals surface area contributed by atoms with Gasteiger partial charge in [0.1, 0.15) is 5.82 Å². The minimum atomic E-state index is -0.393. The molecule has 1 atom stereocenters. The predicted octanol–water partition coefficient (Wildman–Crippen LogP) is 3.71. The van der Waals surface area contributed by atoms with Crippen molar-refractivity contribution in [2.75, 3.05) is 0 Å². The molecule has 3 N–H and O–H groups in total. The Balaban J connectivity index is 1.83. The Morgan fingerprint density at radius 3 is 2.71 bits per heavy atom. The number of hydrogen-bond acceptors (Lipinski definition) is 2. The summed E-state index contributed by atoms with van der Waals surface area (Å²) in [4.78, 5) is 0. The summed E-state index contributed by atoms with van der Waals surface area (Å²) in [6.07, 6.45) is 4.22. The van der Waals surface area contributed by atoms with E-state index in [0.717, 1.165) is 12.0 Å². The van der Waals surface area contributed by atoms with E-state index in [9.17, 15) is 4.39 Å². The Labute approximate surface area is 129 Å². The molecular formula is C17H18ClFN2. The summed E-state index contributed by atoms with van der Waals surface area (Å²) in [5.41, 5.74) is 7.85. The van der Waals surface area contributed by atoms with Crippen LogP contribution in [0.3, 0.4) is 0 Å². The zero-order valence-electron chi connectivity index (χ0n) is 11.7. The molecule has 0 amide bonds. The van der Waals surface area contributed by atoms with Crippen molar-refractivity contribution in [3.8, 4) is 0 Å². The fourth-order valence-electron chi connectivity index (χ4n) is 2.98. The van der Waals surface area contributed by atoms with Crippen molar-refractivity contribution in [1.82, 2.24) is 5.43 Å². The van der Waals surface area contributed by atoms with Crippen molar-refractivity contribution in [2.45, 2.75) is 31.7 Å². The van der Waals surface area contributed by atoms with Crippen LogP contribution >= 0.6 is 11.6 Å². The lowest BCUT2D eigenvalue weighted by atomic mass is 9.96. The van der Waals surface area contributed by atoms with Gasteiger partial charge in [0, 0.05) is 6.04 Å². The molecule has 0 saturated carbocycles. The Hall–Kier alpha value is -1.42. The quantitative estimate of drug-likeness (QED) is 0.667. The van der Waals surface area contributed by atoms with Gasteiger partial charge in [-0.1, -0.05) is 35.9 Å². The Bertz CT molecular complexity index is 657. The van der Waals surface area contributed by atoms with E-state index in [1.807, 2.05) is 0 Å². The normalized spacial score (nSPS) is 15.0. The zero-order chi connectivity index (χ0) is 14.8. The van der Waals surface area contributed by atoms with E-state index in [4.69, 9.17) is 17.4 Å². The van der Waals surface area contributed by atoms with Crippen LogP contribution in [0.4, 0.5) is 4.39 Å². The highest BCUT2D eigenvalue weighted by molar-refractivity contribution is 6.30. The predicted molar refractivity (Wildman–Crippen MR) is 83.6 cm³/mol. The van der Waals surface area contributed by atoms with Gasteiger partial charge in [-0.2, -0.15) is 0 Å². The summed E-state index contributed by atoms with van der Waals surface area (Å²) in [6, 6.07) is 11.4. The van der Waals surface area contributed by atoms with Crippen LogP contribution < -0.4 is 11.3 Å². The minimum Gasteiger partial charge on any atom is -0.271 e. The van der Waals surface area contributed by atoms with E-state index >= 15 is 0 Å². The topological polar surface area (TPSA) is 38.0 Å². The monoisotopic (exact) mass is 304 g/mol. The Morgan fingerprint density at radius 2 is 1.95 bits per heavy atom. The molecule has 1 aliphatic rings. The summed E-state index contributed by atoms with van der Waals surface area (Å²) >= 11 is 5.84. The summed E-state index contributed by atoms with van der Waals surface area (Å²) in [5.74, 6) is 5.32. The zero-order valence-corrected chi connectivity index (χ0v) is 12.5. The third kappa shape index (κ3) is 3.10. The van der Waals surface area contributed by atoms with E-state index in [-0.39, 0.29) is 11.1 Å². The van der Waals surface area contributed by atoms with Gasteiger partial charge in [-0.25, -0.2) is 4.39 Å². The van der Waals surface area contributed by atoms with Crippen molar-refractivity contribution in [3.05, 3.63) is 69.5 Å². The molecule has 0 spiro atoms. The largest absolute Gasteiger partial charge is 0.271 e. The number of benzene rings is 2. The molecule has 2 aromatic rings. The molecule has 110 valence electrons. The molecule has 0 aliphatic heterocycles. The highest BCUT2D eigenvalue weighted by Gasteiger charge is 2.16. The molecule has 1 aliphatic carbocycles. The lowest BCUT2D eigenvalue weighted by molar-refractivity contribution is 0.550. The molecular weight excluding hydrogens is 287 g/mol. The van der Waals surface area contributed by atoms with Gasteiger partial charge < -0.3 is 0 Å². The van der Waals surface area contributed by atoms with Crippen LogP contribution in [0.25, 0.3) is 0 Å². The van der Waals surface area contributed by atoms with Crippen molar-refractivity contribution >= 4 is 11.6 Å². The first-order chi connectivity index (χ1) is 10.2. The fraction of sp³-hybridized carbons (Fsp3) is 0.294. The third-order valence-electron chi connectivity index (χ3n) is 4.15. The number of nitrogens with two attached hydrogens (primary N) is 1. The van der Waals surface area contributed by atoms with Gasteiger partial charge in [-0.15, -0.1) is 0 Å². The van der Waals surface area contributed by atoms with Crippen LogP contribution in [-0.4, -0.2) is 0 Å². The van der Waals surface area contributed by atoms with Gasteiger partial charge in [-0.05, 0) is 60.1 Å². The maximum Gasteiger partial charge on any atom is 0.141 e. The van der Waals surface area contributed by atoms with Crippen LogP contribution in [-0.2, 0) is 19.3 Å². The van der Waals surface area contributed by atoms with Gasteiger partial charge in [-0.3, -0.25) is 11.3 Å². The first-order valence-corrected chi connectivity index (χ1v) is 7.57. The number of hydrazine groups is 1. The van der Waals surface area contributed by atoms with Gasteiger partial charge in [0.25, 0.3) is 0 Å². The number of halogens is 2. The summed E-state index contributed by atoms with van der Waals surface area (Å²) in [6.45, 7) is 0. The second-order valence-corrected chi connectivity index (χ2v) is 5.96. The average Bonchev–Trinajstić information content (AvgIpc) is 2.95. The minimum absolute atomic E-state index is 0.00238. The standard InChI is InChI=1S/C17H18ClFN2/c18-15-8-11(4-7-16(15)19)9-17(21-20)14-6-5-12-2-1-3-13(12)10-14/h4-8,10,17,21H,1-3,9,20H2. The SMILES string of the molecule is NNC(Cc1ccc(F)c(Cl)c1)c1ccc2c(c1)CCC2. The van der Waals surface area contributed by atoms with Gasteiger partial charge in [0.2, 0.25) is 0 Å². The molecule has 21 heavy (non-hydrogen) atoms. The number of nitrogens with one attached hydrogen (secondary N) is 1. The first kappa shape index (κ1) is 14.5. The number of aryl methyl sites for hydroxylation is 2.